The number of H-pyrrole nitrogens is 1. The van der Waals surface area contributed by atoms with Gasteiger partial charge in [-0.3, -0.25) is 38.4 Å². The SMILES string of the molecule is CCC(C)[C@@H]1NC(=O)[C@H](CC(N)=O)NC(=O)[C@@H](N)CC(=O)NCCCC[C@@H](C(N)=O)NC(=O)[C@H](Cc2c[nH]c3ccccc23)NC(=O)[C@@H]2C[C@H](n3cc(C4[C@H]5C[C@H]6C[C@H](C5)C[C@H]4C6)nn3)CN2C1=O. The van der Waals surface area contributed by atoms with E-state index < -0.39 is 108 Å². The highest BCUT2D eigenvalue weighted by Gasteiger charge is 2.50. The van der Waals surface area contributed by atoms with Gasteiger partial charge in [-0.05, 0) is 92.6 Å². The molecule has 69 heavy (non-hydrogen) atoms. The van der Waals surface area contributed by atoms with Crippen molar-refractivity contribution in [3.63, 3.8) is 0 Å². The average molecular weight is 954 g/mol. The van der Waals surface area contributed by atoms with Crippen LogP contribution in [0.25, 0.3) is 10.9 Å². The molecule has 4 heterocycles. The molecule has 4 bridgehead atoms. The molecule has 21 nitrogen and oxygen atoms in total. The number of fused-ring (bicyclic) bond motifs is 2. The highest BCUT2D eigenvalue weighted by Crippen LogP contribution is 2.59. The monoisotopic (exact) mass is 954 g/mol. The smallest absolute Gasteiger partial charge is 0.246 e. The van der Waals surface area contributed by atoms with E-state index in [4.69, 9.17) is 22.3 Å². The summed E-state index contributed by atoms with van der Waals surface area (Å²) in [4.78, 5) is 114. The van der Waals surface area contributed by atoms with Gasteiger partial charge in [-0.15, -0.1) is 5.10 Å². The van der Waals surface area contributed by atoms with Gasteiger partial charge in [0.2, 0.25) is 47.3 Å². The Bertz CT molecular complexity index is 2410. The Morgan fingerprint density at radius 1 is 0.841 bits per heavy atom. The van der Waals surface area contributed by atoms with Gasteiger partial charge in [0.1, 0.15) is 30.2 Å². The molecule has 3 aromatic rings. The van der Waals surface area contributed by atoms with Gasteiger partial charge in [0.05, 0.1) is 30.6 Å². The Labute approximate surface area is 400 Å². The Morgan fingerprint density at radius 3 is 2.23 bits per heavy atom. The molecule has 2 saturated heterocycles. The summed E-state index contributed by atoms with van der Waals surface area (Å²) in [5, 5.41) is 23.7. The molecule has 8 amide bonds. The molecule has 4 saturated carbocycles. The summed E-state index contributed by atoms with van der Waals surface area (Å²) in [6, 6.07) is -0.860. The molecule has 4 aliphatic carbocycles. The van der Waals surface area contributed by atoms with Crippen LogP contribution >= 0.6 is 0 Å². The summed E-state index contributed by atoms with van der Waals surface area (Å²) in [7, 11) is 0. The number of carbonyl (C=O) groups excluding carboxylic acids is 8. The van der Waals surface area contributed by atoms with Crippen LogP contribution in [0.4, 0.5) is 0 Å². The van der Waals surface area contributed by atoms with Gasteiger partial charge < -0.3 is 53.7 Å². The summed E-state index contributed by atoms with van der Waals surface area (Å²) < 4.78 is 1.73. The maximum Gasteiger partial charge on any atom is 0.246 e. The van der Waals surface area contributed by atoms with Crippen molar-refractivity contribution in [2.45, 2.75) is 146 Å². The maximum absolute atomic E-state index is 15.2. The van der Waals surface area contributed by atoms with Gasteiger partial charge in [0, 0.05) is 55.1 Å². The van der Waals surface area contributed by atoms with Crippen molar-refractivity contribution in [3.05, 3.63) is 47.9 Å². The number of nitrogens with two attached hydrogens (primary N) is 3. The van der Waals surface area contributed by atoms with Gasteiger partial charge >= 0.3 is 0 Å². The lowest BCUT2D eigenvalue weighted by Gasteiger charge is -2.53. The van der Waals surface area contributed by atoms with Crippen molar-refractivity contribution in [1.29, 1.82) is 0 Å². The van der Waals surface area contributed by atoms with Crippen LogP contribution in [0.15, 0.2) is 36.7 Å². The largest absolute Gasteiger partial charge is 0.370 e. The zero-order valence-electron chi connectivity index (χ0n) is 39.4. The Kier molecular flexibility index (Phi) is 15.0. The van der Waals surface area contributed by atoms with E-state index in [-0.39, 0.29) is 38.3 Å². The van der Waals surface area contributed by atoms with E-state index in [9.17, 15) is 33.6 Å². The molecular weight excluding hydrogens is 887 g/mol. The van der Waals surface area contributed by atoms with Crippen molar-refractivity contribution >= 4 is 58.2 Å². The summed E-state index contributed by atoms with van der Waals surface area (Å²) in [6.07, 6.45) is 9.94. The van der Waals surface area contributed by atoms with Gasteiger partial charge in [-0.25, -0.2) is 4.68 Å². The van der Waals surface area contributed by atoms with E-state index in [0.717, 1.165) is 28.4 Å². The van der Waals surface area contributed by atoms with E-state index in [1.807, 2.05) is 37.4 Å². The molecular formula is C48H67N13O8. The lowest BCUT2D eigenvalue weighted by atomic mass is 9.51. The fraction of sp³-hybridized carbons (Fsp3) is 0.625. The molecule has 6 aliphatic rings. The predicted molar refractivity (Wildman–Crippen MR) is 251 cm³/mol. The number of hydrogen-bond donors (Lipinski definition) is 9. The molecule has 2 aromatic heterocycles. The third-order valence-corrected chi connectivity index (χ3v) is 15.5. The molecule has 12 N–H and O–H groups in total. The van der Waals surface area contributed by atoms with Gasteiger partial charge in [-0.2, -0.15) is 0 Å². The number of aromatic amines is 1. The number of rotatable bonds is 9. The van der Waals surface area contributed by atoms with Crippen LogP contribution in [0, 0.1) is 29.6 Å². The first-order valence-corrected chi connectivity index (χ1v) is 24.6. The zero-order chi connectivity index (χ0) is 49.1. The second kappa shape index (κ2) is 21.1. The van der Waals surface area contributed by atoms with Crippen molar-refractivity contribution in [2.24, 2.45) is 46.8 Å². The first-order valence-electron chi connectivity index (χ1n) is 24.6. The third-order valence-electron chi connectivity index (χ3n) is 15.5. The number of carbonyl (C=O) groups is 8. The van der Waals surface area contributed by atoms with Crippen LogP contribution in [0.5, 0.6) is 0 Å². The number of hydrogen-bond acceptors (Lipinski definition) is 11. The molecule has 1 aromatic carbocycles. The molecule has 0 radical (unpaired) electrons. The van der Waals surface area contributed by atoms with Crippen molar-refractivity contribution in [3.8, 4) is 0 Å². The normalized spacial score (nSPS) is 32.4. The number of nitrogens with one attached hydrogen (secondary N) is 6. The van der Waals surface area contributed by atoms with E-state index in [2.05, 4.69) is 36.8 Å². The van der Waals surface area contributed by atoms with Gasteiger partial charge in [0.25, 0.3) is 0 Å². The average Bonchev–Trinajstić information content (AvgIpc) is 4.08. The Hall–Kier alpha value is -6.38. The van der Waals surface area contributed by atoms with E-state index in [1.54, 1.807) is 17.8 Å². The minimum absolute atomic E-state index is 0.00171. The third kappa shape index (κ3) is 11.1. The van der Waals surface area contributed by atoms with Crippen LogP contribution in [0.1, 0.15) is 114 Å². The summed E-state index contributed by atoms with van der Waals surface area (Å²) in [6.45, 7) is 3.71. The lowest BCUT2D eigenvalue weighted by molar-refractivity contribution is -0.143. The molecule has 0 spiro atoms. The topological polar surface area (TPSA) is 325 Å². The molecule has 9 rings (SSSR count). The van der Waals surface area contributed by atoms with Crippen LogP contribution in [-0.4, -0.2) is 121 Å². The Balaban J connectivity index is 1.13. The fourth-order valence-electron chi connectivity index (χ4n) is 12.0. The quantitative estimate of drug-likeness (QED) is 0.138. The van der Waals surface area contributed by atoms with Gasteiger partial charge in [-0.1, -0.05) is 43.7 Å². The number of aromatic nitrogens is 4. The number of para-hydroxylation sites is 1. The van der Waals surface area contributed by atoms with Crippen molar-refractivity contribution in [2.75, 3.05) is 13.1 Å². The molecule has 372 valence electrons. The van der Waals surface area contributed by atoms with E-state index >= 15 is 4.79 Å². The molecule has 1 unspecified atom stereocenters. The number of benzene rings is 1. The molecule has 8 atom stereocenters. The van der Waals surface area contributed by atoms with E-state index in [0.29, 0.717) is 36.7 Å². The highest BCUT2D eigenvalue weighted by atomic mass is 16.2. The van der Waals surface area contributed by atoms with Crippen LogP contribution in [0.2, 0.25) is 0 Å². The first kappa shape index (κ1) is 49.1. The minimum atomic E-state index is -1.56. The summed E-state index contributed by atoms with van der Waals surface area (Å²) in [5.74, 6) is -3.69. The van der Waals surface area contributed by atoms with Crippen LogP contribution in [0.3, 0.4) is 0 Å². The van der Waals surface area contributed by atoms with Crippen molar-refractivity contribution in [1.82, 2.24) is 51.5 Å². The predicted octanol–water partition coefficient (Wildman–Crippen LogP) is 0.0473. The number of nitrogens with zero attached hydrogens (tertiary/aromatic N) is 4. The van der Waals surface area contributed by atoms with E-state index in [1.165, 1.54) is 37.0 Å². The minimum Gasteiger partial charge on any atom is -0.370 e. The second-order valence-electron chi connectivity index (χ2n) is 20.3. The number of amides is 8. The van der Waals surface area contributed by atoms with Crippen molar-refractivity contribution < 1.29 is 38.4 Å². The summed E-state index contributed by atoms with van der Waals surface area (Å²) >= 11 is 0. The second-order valence-corrected chi connectivity index (χ2v) is 20.3. The number of primary amides is 2. The summed E-state index contributed by atoms with van der Waals surface area (Å²) in [5.41, 5.74) is 19.9. The Morgan fingerprint density at radius 2 is 1.54 bits per heavy atom. The first-order chi connectivity index (χ1) is 33.1. The van der Waals surface area contributed by atoms with Crippen LogP contribution in [-0.2, 0) is 44.8 Å². The molecule has 21 heteroatoms. The molecule has 2 aliphatic heterocycles. The maximum atomic E-state index is 15.2. The van der Waals surface area contributed by atoms with Crippen LogP contribution < -0.4 is 43.8 Å². The zero-order valence-corrected chi connectivity index (χ0v) is 39.4. The fourth-order valence-corrected chi connectivity index (χ4v) is 12.0. The molecule has 6 fully saturated rings. The highest BCUT2D eigenvalue weighted by molar-refractivity contribution is 5.99. The lowest BCUT2D eigenvalue weighted by Crippen LogP contribution is -2.60. The van der Waals surface area contributed by atoms with Gasteiger partial charge in [0.15, 0.2) is 0 Å². The standard InChI is InChI=1S/C48H67N13O8/c1-3-24(2)42-48(69)60-22-30(61-23-37(58-59-61)41-27-13-25-12-26(15-27)16-28(41)14-25)18-38(60)47(68)56-35(17-29-21-53-33-9-5-4-8-31(29)33)45(66)54-34(43(51)64)10-6-7-11-52-40(63)19-32(49)44(65)55-36(20-39(50)62)46(67)57-42/h4-5,8-9,21,23-28,30,32,34-36,38,41-42,53H,3,6-7,10-20,22,49H2,1-2H3,(H2,50,62)(H2,51,64)(H,52,63)(H,54,66)(H,55,65)(H,56,68)(H,57,67)/t24?,25-,26-,27-,28+,30-,32-,34-,35-,36-,38-,41?,42-/m0/s1.